The molecule has 0 amide bonds. The topological polar surface area (TPSA) is 40.5 Å². The molecule has 2 aliphatic rings. The predicted molar refractivity (Wildman–Crippen MR) is 184 cm³/mol. The van der Waals surface area contributed by atoms with Crippen LogP contribution in [0.3, 0.4) is 0 Å². The lowest BCUT2D eigenvalue weighted by atomic mass is 9.69. The van der Waals surface area contributed by atoms with Crippen LogP contribution in [0.1, 0.15) is 88.5 Å². The first-order chi connectivity index (χ1) is 19.6. The molecule has 3 atom stereocenters. The molecule has 2 N–H and O–H groups in total. The van der Waals surface area contributed by atoms with Gasteiger partial charge in [0.15, 0.2) is 0 Å². The van der Waals surface area contributed by atoms with E-state index in [0.29, 0.717) is 5.92 Å². The van der Waals surface area contributed by atoms with Crippen molar-refractivity contribution in [1.82, 2.24) is 0 Å². The van der Waals surface area contributed by atoms with E-state index in [1.807, 2.05) is 6.92 Å². The Bertz CT molecular complexity index is 1270. The first kappa shape index (κ1) is 35.3. The highest BCUT2D eigenvalue weighted by Gasteiger charge is 2.33. The zero-order chi connectivity index (χ0) is 31.5. The van der Waals surface area contributed by atoms with E-state index in [1.165, 1.54) is 33.4 Å². The average molecular weight is 569 g/mol. The third-order valence-electron chi connectivity index (χ3n) is 8.41. The van der Waals surface area contributed by atoms with E-state index in [4.69, 9.17) is 0 Å². The molecule has 0 heterocycles. The minimum atomic E-state index is -0.317. The normalized spacial score (nSPS) is 26.6. The van der Waals surface area contributed by atoms with Crippen LogP contribution in [-0.4, -0.2) is 22.4 Å². The Morgan fingerprint density at radius 2 is 1.21 bits per heavy atom. The van der Waals surface area contributed by atoms with Gasteiger partial charge in [-0.15, -0.1) is 0 Å². The summed E-state index contributed by atoms with van der Waals surface area (Å²) in [7, 11) is 0. The highest BCUT2D eigenvalue weighted by Crippen LogP contribution is 2.41. The second-order valence-electron chi connectivity index (χ2n) is 13.7. The minimum absolute atomic E-state index is 0.00533. The number of hydrogen-bond donors (Lipinski definition) is 2. The van der Waals surface area contributed by atoms with Gasteiger partial charge in [-0.25, -0.2) is 0 Å². The summed E-state index contributed by atoms with van der Waals surface area (Å²) in [6.45, 7) is 21.5. The smallest absolute Gasteiger partial charge is 0.0753 e. The van der Waals surface area contributed by atoms with E-state index >= 15 is 0 Å². The Morgan fingerprint density at radius 3 is 1.76 bits per heavy atom. The maximum atomic E-state index is 10.2. The summed E-state index contributed by atoms with van der Waals surface area (Å²) >= 11 is 0. The number of aliphatic hydroxyl groups excluding tert-OH is 2. The van der Waals surface area contributed by atoms with Gasteiger partial charge in [0, 0.05) is 5.92 Å². The lowest BCUT2D eigenvalue weighted by Crippen LogP contribution is -2.32. The van der Waals surface area contributed by atoms with Gasteiger partial charge in [-0.1, -0.05) is 147 Å². The molecule has 0 fully saturated rings. The van der Waals surface area contributed by atoms with Crippen LogP contribution in [0.5, 0.6) is 0 Å². The third-order valence-corrected chi connectivity index (χ3v) is 8.41. The summed E-state index contributed by atoms with van der Waals surface area (Å²) in [5.41, 5.74) is 8.56. The van der Waals surface area contributed by atoms with Crippen molar-refractivity contribution in [3.8, 4) is 0 Å². The van der Waals surface area contributed by atoms with Crippen molar-refractivity contribution < 1.29 is 10.2 Å². The van der Waals surface area contributed by atoms with E-state index in [0.717, 1.165) is 24.8 Å². The molecule has 0 aromatic carbocycles. The Labute approximate surface area is 257 Å². The Kier molecular flexibility index (Phi) is 13.5. The highest BCUT2D eigenvalue weighted by atomic mass is 16.3. The number of hydrogen-bond acceptors (Lipinski definition) is 2. The molecule has 42 heavy (non-hydrogen) atoms. The zero-order valence-corrected chi connectivity index (χ0v) is 27.9. The molecule has 0 bridgehead atoms. The van der Waals surface area contributed by atoms with Crippen molar-refractivity contribution in [3.05, 3.63) is 130 Å². The summed E-state index contributed by atoms with van der Waals surface area (Å²) < 4.78 is 0. The van der Waals surface area contributed by atoms with Crippen molar-refractivity contribution in [3.63, 3.8) is 0 Å². The van der Waals surface area contributed by atoms with Crippen LogP contribution in [0.4, 0.5) is 0 Å². The molecule has 0 aromatic rings. The SMILES string of the molecule is CC(C=CC1C=C(C)C(O)CC1(C)C)=CC=CC(C)=C/C=C/C=C(C)/C=C/C=C(C)/C=C/C1=C(C)CC(O)CC1(C)C. The molecule has 2 rings (SSSR count). The van der Waals surface area contributed by atoms with E-state index in [1.54, 1.807) is 0 Å². The monoisotopic (exact) mass is 568 g/mol. The Balaban J connectivity index is 1.89. The molecule has 3 unspecified atom stereocenters. The molecule has 0 radical (unpaired) electrons. The number of aliphatic hydroxyl groups is 2. The molecule has 2 aliphatic carbocycles. The van der Waals surface area contributed by atoms with Gasteiger partial charge in [0.25, 0.3) is 0 Å². The number of allylic oxidation sites excluding steroid dienone is 20. The van der Waals surface area contributed by atoms with Crippen LogP contribution in [0.25, 0.3) is 0 Å². The molecule has 0 saturated heterocycles. The largest absolute Gasteiger partial charge is 0.393 e. The molecule has 0 saturated carbocycles. The maximum absolute atomic E-state index is 10.2. The fraction of sp³-hybridized carbons (Fsp3) is 0.450. The second kappa shape index (κ2) is 16.1. The van der Waals surface area contributed by atoms with Crippen LogP contribution < -0.4 is 0 Å². The van der Waals surface area contributed by atoms with Crippen LogP contribution in [0, 0.1) is 16.7 Å². The number of rotatable bonds is 10. The maximum Gasteiger partial charge on any atom is 0.0753 e. The van der Waals surface area contributed by atoms with Crippen LogP contribution in [0.2, 0.25) is 0 Å². The average Bonchev–Trinajstić information content (AvgIpc) is 2.86. The van der Waals surface area contributed by atoms with Gasteiger partial charge in [0.05, 0.1) is 12.2 Å². The Hall–Kier alpha value is -2.94. The summed E-state index contributed by atoms with van der Waals surface area (Å²) in [5.74, 6) is 0.334. The molecule has 2 nitrogen and oxygen atoms in total. The van der Waals surface area contributed by atoms with E-state index in [-0.39, 0.29) is 23.0 Å². The minimum Gasteiger partial charge on any atom is -0.393 e. The van der Waals surface area contributed by atoms with E-state index in [2.05, 4.69) is 153 Å². The van der Waals surface area contributed by atoms with Crippen LogP contribution in [0.15, 0.2) is 130 Å². The third kappa shape index (κ3) is 11.7. The van der Waals surface area contributed by atoms with Gasteiger partial charge in [0.1, 0.15) is 0 Å². The quantitative estimate of drug-likeness (QED) is 0.203. The Morgan fingerprint density at radius 1 is 0.714 bits per heavy atom. The molecule has 0 aromatic heterocycles. The van der Waals surface area contributed by atoms with E-state index < -0.39 is 0 Å². The van der Waals surface area contributed by atoms with Crippen LogP contribution >= 0.6 is 0 Å². The van der Waals surface area contributed by atoms with Gasteiger partial charge < -0.3 is 10.2 Å². The fourth-order valence-corrected chi connectivity index (χ4v) is 5.72. The molecule has 228 valence electrons. The summed E-state index contributed by atoms with van der Waals surface area (Å²) in [6.07, 6.45) is 34.0. The van der Waals surface area contributed by atoms with E-state index in [9.17, 15) is 10.2 Å². The lowest BCUT2D eigenvalue weighted by Gasteiger charge is -2.37. The van der Waals surface area contributed by atoms with Gasteiger partial charge in [-0.05, 0) is 82.8 Å². The van der Waals surface area contributed by atoms with Crippen LogP contribution in [-0.2, 0) is 0 Å². The highest BCUT2D eigenvalue weighted by molar-refractivity contribution is 5.38. The van der Waals surface area contributed by atoms with Gasteiger partial charge in [-0.2, -0.15) is 0 Å². The van der Waals surface area contributed by atoms with Crippen molar-refractivity contribution in [1.29, 1.82) is 0 Å². The molecule has 0 aliphatic heterocycles. The fourth-order valence-electron chi connectivity index (χ4n) is 5.72. The standard InChI is InChI=1S/C40H56O2/c1-29(17-13-19-31(3)21-23-35-25-34(6)38(42)28-39(35,7)8)15-11-12-16-30(2)18-14-20-32(4)22-24-37-33(5)26-36(41)27-40(37,9)10/h11-25,35-36,38,41-42H,26-28H2,1-10H3/b12-11+,17-13?,18-14+,23-21?,24-22+,29-15?,30-16+,31-19?,32-20+. The van der Waals surface area contributed by atoms with Crippen molar-refractivity contribution in [2.24, 2.45) is 16.7 Å². The lowest BCUT2D eigenvalue weighted by molar-refractivity contribution is 0.112. The zero-order valence-electron chi connectivity index (χ0n) is 27.9. The molecular weight excluding hydrogens is 512 g/mol. The first-order valence-corrected chi connectivity index (χ1v) is 15.4. The second-order valence-corrected chi connectivity index (χ2v) is 13.7. The van der Waals surface area contributed by atoms with Gasteiger partial charge >= 0.3 is 0 Å². The summed E-state index contributed by atoms with van der Waals surface area (Å²) in [4.78, 5) is 0. The van der Waals surface area contributed by atoms with Gasteiger partial charge in [0.2, 0.25) is 0 Å². The summed E-state index contributed by atoms with van der Waals surface area (Å²) in [5, 5.41) is 20.3. The molecule has 0 spiro atoms. The van der Waals surface area contributed by atoms with Crippen molar-refractivity contribution in [2.75, 3.05) is 0 Å². The predicted octanol–water partition coefficient (Wildman–Crippen LogP) is 10.4. The van der Waals surface area contributed by atoms with Crippen molar-refractivity contribution >= 4 is 0 Å². The molecular formula is C40H56O2. The summed E-state index contributed by atoms with van der Waals surface area (Å²) in [6, 6.07) is 0. The first-order valence-electron chi connectivity index (χ1n) is 15.4. The van der Waals surface area contributed by atoms with Gasteiger partial charge in [-0.3, -0.25) is 0 Å². The van der Waals surface area contributed by atoms with Crippen molar-refractivity contribution in [2.45, 2.75) is 101 Å². The molecule has 2 heteroatoms.